The lowest BCUT2D eigenvalue weighted by atomic mass is 10.2. The van der Waals surface area contributed by atoms with Crippen molar-refractivity contribution in [3.05, 3.63) is 36.0 Å². The van der Waals surface area contributed by atoms with Gasteiger partial charge in [0, 0.05) is 0 Å². The number of rotatable bonds is 7. The first-order chi connectivity index (χ1) is 10.0. The lowest BCUT2D eigenvalue weighted by Gasteiger charge is -2.09. The van der Waals surface area contributed by atoms with Crippen molar-refractivity contribution in [2.75, 3.05) is 11.9 Å². The van der Waals surface area contributed by atoms with Crippen LogP contribution in [-0.4, -0.2) is 22.5 Å². The highest BCUT2D eigenvalue weighted by Crippen LogP contribution is 2.13. The van der Waals surface area contributed by atoms with Crippen LogP contribution in [0.25, 0.3) is 0 Å². The number of primary amides is 1. The quantitative estimate of drug-likeness (QED) is 0.806. The van der Waals surface area contributed by atoms with Gasteiger partial charge in [-0.25, -0.2) is 0 Å². The van der Waals surface area contributed by atoms with Crippen molar-refractivity contribution in [3.63, 3.8) is 0 Å². The number of hydrogen-bond acceptors (Lipinski definition) is 6. The highest BCUT2D eigenvalue weighted by molar-refractivity contribution is 5.89. The Bertz CT molecular complexity index is 610. The molecule has 0 aliphatic carbocycles. The Morgan fingerprint density at radius 3 is 2.90 bits per heavy atom. The molecular weight excluding hydrogens is 272 g/mol. The van der Waals surface area contributed by atoms with E-state index in [1.54, 1.807) is 18.5 Å². The summed E-state index contributed by atoms with van der Waals surface area (Å²) in [5.74, 6) is 1.56. The zero-order chi connectivity index (χ0) is 15.2. The molecule has 7 heteroatoms. The Labute approximate surface area is 122 Å². The van der Waals surface area contributed by atoms with Gasteiger partial charge in [0.1, 0.15) is 11.6 Å². The van der Waals surface area contributed by atoms with E-state index in [9.17, 15) is 4.79 Å². The van der Waals surface area contributed by atoms with E-state index in [1.807, 2.05) is 0 Å². The van der Waals surface area contributed by atoms with Crippen LogP contribution in [0.15, 0.2) is 28.9 Å². The standard InChI is InChI=1S/C14H18N4O3/c1-9(2)8-20-13-7-16-6-12(18-13)17-5-10-3-4-11(21-10)14(15)19/h3-4,6-7,9H,5,8H2,1-2H3,(H2,15,19)(H,17,18). The molecule has 0 saturated heterocycles. The molecule has 0 aliphatic heterocycles. The van der Waals surface area contributed by atoms with Crippen LogP contribution >= 0.6 is 0 Å². The number of carbonyl (C=O) groups excluding carboxylic acids is 1. The van der Waals surface area contributed by atoms with Crippen LogP contribution < -0.4 is 15.8 Å². The van der Waals surface area contributed by atoms with Gasteiger partial charge in [0.2, 0.25) is 5.88 Å². The van der Waals surface area contributed by atoms with Crippen LogP contribution in [0.1, 0.15) is 30.2 Å². The average molecular weight is 290 g/mol. The fraction of sp³-hybridized carbons (Fsp3) is 0.357. The predicted molar refractivity (Wildman–Crippen MR) is 76.9 cm³/mol. The van der Waals surface area contributed by atoms with Crippen molar-refractivity contribution in [1.29, 1.82) is 0 Å². The lowest BCUT2D eigenvalue weighted by Crippen LogP contribution is -2.09. The van der Waals surface area contributed by atoms with Crippen LogP contribution in [0.5, 0.6) is 5.88 Å². The Hall–Kier alpha value is -2.57. The third-order valence-electron chi connectivity index (χ3n) is 2.53. The molecule has 7 nitrogen and oxygen atoms in total. The summed E-state index contributed by atoms with van der Waals surface area (Å²) >= 11 is 0. The minimum atomic E-state index is -0.592. The van der Waals surface area contributed by atoms with Crippen LogP contribution in [0.2, 0.25) is 0 Å². The second-order valence-electron chi connectivity index (χ2n) is 4.93. The summed E-state index contributed by atoms with van der Waals surface area (Å²) in [6, 6.07) is 3.22. The van der Waals surface area contributed by atoms with Crippen molar-refractivity contribution in [2.24, 2.45) is 11.7 Å². The number of nitrogens with one attached hydrogen (secondary N) is 1. The van der Waals surface area contributed by atoms with Gasteiger partial charge in [0.15, 0.2) is 5.76 Å². The summed E-state index contributed by atoms with van der Waals surface area (Å²) in [6.07, 6.45) is 3.14. The molecule has 2 heterocycles. The summed E-state index contributed by atoms with van der Waals surface area (Å²) in [5, 5.41) is 3.04. The summed E-state index contributed by atoms with van der Waals surface area (Å²) in [5.41, 5.74) is 5.12. The van der Waals surface area contributed by atoms with Crippen molar-refractivity contribution >= 4 is 11.7 Å². The Morgan fingerprint density at radius 2 is 2.24 bits per heavy atom. The number of ether oxygens (including phenoxy) is 1. The number of hydrogen-bond donors (Lipinski definition) is 2. The Kier molecular flexibility index (Phi) is 4.76. The van der Waals surface area contributed by atoms with Crippen LogP contribution in [-0.2, 0) is 6.54 Å². The molecule has 2 aromatic rings. The molecule has 2 aromatic heterocycles. The highest BCUT2D eigenvalue weighted by Gasteiger charge is 2.07. The van der Waals surface area contributed by atoms with E-state index in [4.69, 9.17) is 14.9 Å². The first-order valence-corrected chi connectivity index (χ1v) is 6.62. The van der Waals surface area contributed by atoms with Gasteiger partial charge < -0.3 is 20.2 Å². The van der Waals surface area contributed by atoms with Crippen LogP contribution in [0.3, 0.4) is 0 Å². The molecule has 0 aliphatic rings. The molecule has 112 valence electrons. The molecule has 21 heavy (non-hydrogen) atoms. The number of furan rings is 1. The first kappa shape index (κ1) is 14.8. The fourth-order valence-electron chi connectivity index (χ4n) is 1.54. The third kappa shape index (κ3) is 4.48. The Morgan fingerprint density at radius 1 is 1.43 bits per heavy atom. The molecule has 3 N–H and O–H groups in total. The molecule has 0 aromatic carbocycles. The molecule has 0 radical (unpaired) electrons. The monoisotopic (exact) mass is 290 g/mol. The van der Waals surface area contributed by atoms with Gasteiger partial charge in [-0.1, -0.05) is 13.8 Å². The second kappa shape index (κ2) is 6.74. The molecule has 0 atom stereocenters. The maximum Gasteiger partial charge on any atom is 0.284 e. The van der Waals surface area contributed by atoms with Gasteiger partial charge in [0.25, 0.3) is 5.91 Å². The molecule has 2 rings (SSSR count). The molecular formula is C14H18N4O3. The van der Waals surface area contributed by atoms with Gasteiger partial charge in [-0.15, -0.1) is 0 Å². The second-order valence-corrected chi connectivity index (χ2v) is 4.93. The van der Waals surface area contributed by atoms with Crippen molar-refractivity contribution in [3.8, 4) is 5.88 Å². The van der Waals surface area contributed by atoms with Gasteiger partial charge in [-0.3, -0.25) is 9.78 Å². The molecule has 0 unspecified atom stereocenters. The van der Waals surface area contributed by atoms with Crippen LogP contribution in [0, 0.1) is 5.92 Å². The van der Waals surface area contributed by atoms with Gasteiger partial charge in [-0.2, -0.15) is 4.98 Å². The van der Waals surface area contributed by atoms with Crippen molar-refractivity contribution in [1.82, 2.24) is 9.97 Å². The van der Waals surface area contributed by atoms with Gasteiger partial charge in [0.05, 0.1) is 25.5 Å². The number of amides is 1. The first-order valence-electron chi connectivity index (χ1n) is 6.62. The van der Waals surface area contributed by atoms with E-state index < -0.39 is 5.91 Å². The number of carbonyl (C=O) groups is 1. The summed E-state index contributed by atoms with van der Waals surface area (Å²) in [4.78, 5) is 19.3. The van der Waals surface area contributed by atoms with Crippen LogP contribution in [0.4, 0.5) is 5.82 Å². The summed E-state index contributed by atoms with van der Waals surface area (Å²) in [6.45, 7) is 5.07. The molecule has 0 bridgehead atoms. The smallest absolute Gasteiger partial charge is 0.284 e. The average Bonchev–Trinajstić information content (AvgIpc) is 2.92. The third-order valence-corrected chi connectivity index (χ3v) is 2.53. The normalized spacial score (nSPS) is 10.6. The van der Waals surface area contributed by atoms with Crippen molar-refractivity contribution in [2.45, 2.75) is 20.4 Å². The number of nitrogens with zero attached hydrogens (tertiary/aromatic N) is 2. The molecule has 0 saturated carbocycles. The SMILES string of the molecule is CC(C)COc1cncc(NCc2ccc(C(N)=O)o2)n1. The fourth-order valence-corrected chi connectivity index (χ4v) is 1.54. The van der Waals surface area contributed by atoms with E-state index in [2.05, 4.69) is 29.1 Å². The van der Waals surface area contributed by atoms with E-state index in [0.29, 0.717) is 36.5 Å². The highest BCUT2D eigenvalue weighted by atomic mass is 16.5. The maximum absolute atomic E-state index is 10.9. The van der Waals surface area contributed by atoms with Gasteiger partial charge >= 0.3 is 0 Å². The van der Waals surface area contributed by atoms with Crippen molar-refractivity contribution < 1.29 is 13.9 Å². The minimum absolute atomic E-state index is 0.131. The van der Waals surface area contributed by atoms with E-state index in [1.165, 1.54) is 6.07 Å². The lowest BCUT2D eigenvalue weighted by molar-refractivity contribution is 0.0972. The van der Waals surface area contributed by atoms with Gasteiger partial charge in [-0.05, 0) is 18.1 Å². The topological polar surface area (TPSA) is 103 Å². The maximum atomic E-state index is 10.9. The molecule has 1 amide bonds. The summed E-state index contributed by atoms with van der Waals surface area (Å²) < 4.78 is 10.8. The number of anilines is 1. The molecule has 0 fully saturated rings. The van der Waals surface area contributed by atoms with E-state index in [-0.39, 0.29) is 5.76 Å². The van der Waals surface area contributed by atoms with E-state index in [0.717, 1.165) is 0 Å². The van der Waals surface area contributed by atoms with E-state index >= 15 is 0 Å². The minimum Gasteiger partial charge on any atom is -0.476 e. The number of nitrogens with two attached hydrogens (primary N) is 1. The molecule has 0 spiro atoms. The Balaban J connectivity index is 1.93. The zero-order valence-corrected chi connectivity index (χ0v) is 12.0. The summed E-state index contributed by atoms with van der Waals surface area (Å²) in [7, 11) is 0. The zero-order valence-electron chi connectivity index (χ0n) is 12.0. The largest absolute Gasteiger partial charge is 0.476 e. The predicted octanol–water partition coefficient (Wildman–Crippen LogP) is 1.82. The number of aromatic nitrogens is 2.